The smallest absolute Gasteiger partial charge is 0.309 e. The molecule has 0 amide bonds. The fourth-order valence-electron chi connectivity index (χ4n) is 2.07. The summed E-state index contributed by atoms with van der Waals surface area (Å²) in [5, 5.41) is 2.35. The van der Waals surface area contributed by atoms with Crippen LogP contribution in [0.5, 0.6) is 5.75 Å². The van der Waals surface area contributed by atoms with Crippen LogP contribution < -0.4 is 4.74 Å². The molecular weight excluding hydrogens is 311 g/mol. The third kappa shape index (κ3) is 6.55. The number of fused-ring (bicyclic) bond motifs is 1. The van der Waals surface area contributed by atoms with Crippen molar-refractivity contribution in [3.05, 3.63) is 42.5 Å². The van der Waals surface area contributed by atoms with Crippen LogP contribution >= 0.6 is 8.58 Å². The van der Waals surface area contributed by atoms with Crippen LogP contribution in [0, 0.1) is 0 Å². The van der Waals surface area contributed by atoms with Gasteiger partial charge in [0.15, 0.2) is 0 Å². The van der Waals surface area contributed by atoms with Gasteiger partial charge >= 0.3 is 5.97 Å². The van der Waals surface area contributed by atoms with E-state index in [-0.39, 0.29) is 5.97 Å². The molecular formula is C18H23O4P. The maximum Gasteiger partial charge on any atom is 0.309 e. The van der Waals surface area contributed by atoms with Crippen molar-refractivity contribution in [3.8, 4) is 5.75 Å². The van der Waals surface area contributed by atoms with Crippen molar-refractivity contribution in [2.75, 3.05) is 38.8 Å². The van der Waals surface area contributed by atoms with Crippen molar-refractivity contribution in [3.63, 3.8) is 0 Å². The highest BCUT2D eigenvalue weighted by Gasteiger charge is 2.01. The number of carbonyl (C=O) groups is 1. The van der Waals surface area contributed by atoms with Gasteiger partial charge in [-0.15, -0.1) is 8.58 Å². The van der Waals surface area contributed by atoms with Crippen LogP contribution in [0.15, 0.2) is 42.5 Å². The van der Waals surface area contributed by atoms with Gasteiger partial charge in [0.2, 0.25) is 0 Å². The van der Waals surface area contributed by atoms with Gasteiger partial charge in [-0.3, -0.25) is 4.79 Å². The van der Waals surface area contributed by atoms with E-state index in [2.05, 4.69) is 19.1 Å². The average Bonchev–Trinajstić information content (AvgIpc) is 2.59. The minimum atomic E-state index is -0.138. The minimum absolute atomic E-state index is 0.138. The van der Waals surface area contributed by atoms with Crippen LogP contribution in [-0.2, 0) is 14.3 Å². The fraction of sp³-hybridized carbons (Fsp3) is 0.389. The normalized spacial score (nSPS) is 11.2. The molecule has 2 rings (SSSR count). The molecule has 0 bridgehead atoms. The first-order valence-corrected chi connectivity index (χ1v) is 9.26. The quantitative estimate of drug-likeness (QED) is 0.379. The van der Waals surface area contributed by atoms with Gasteiger partial charge in [0, 0.05) is 0 Å². The van der Waals surface area contributed by atoms with Crippen molar-refractivity contribution in [2.24, 2.45) is 0 Å². The van der Waals surface area contributed by atoms with Crippen LogP contribution in [-0.4, -0.2) is 44.7 Å². The largest absolute Gasteiger partial charge is 0.491 e. The molecule has 1 unspecified atom stereocenters. The highest BCUT2D eigenvalue weighted by atomic mass is 31.1. The van der Waals surface area contributed by atoms with Crippen LogP contribution in [0.1, 0.15) is 6.92 Å². The van der Waals surface area contributed by atoms with Crippen molar-refractivity contribution in [2.45, 2.75) is 6.92 Å². The van der Waals surface area contributed by atoms with Gasteiger partial charge in [-0.1, -0.05) is 37.3 Å². The van der Waals surface area contributed by atoms with Crippen molar-refractivity contribution < 1.29 is 19.0 Å². The molecule has 0 aliphatic carbocycles. The van der Waals surface area contributed by atoms with E-state index in [9.17, 15) is 4.79 Å². The Labute approximate surface area is 138 Å². The Hall–Kier alpha value is -1.64. The zero-order valence-corrected chi connectivity index (χ0v) is 14.4. The summed E-state index contributed by atoms with van der Waals surface area (Å²) in [6.45, 7) is 3.72. The van der Waals surface area contributed by atoms with E-state index in [1.54, 1.807) is 0 Å². The Morgan fingerprint density at radius 1 is 1.00 bits per heavy atom. The van der Waals surface area contributed by atoms with E-state index >= 15 is 0 Å². The van der Waals surface area contributed by atoms with E-state index < -0.39 is 0 Å². The molecule has 5 heteroatoms. The predicted octanol–water partition coefficient (Wildman–Crippen LogP) is 3.48. The molecule has 2 aromatic carbocycles. The summed E-state index contributed by atoms with van der Waals surface area (Å²) in [7, 11) is 0.649. The second kappa shape index (κ2) is 10.2. The number of rotatable bonds is 10. The summed E-state index contributed by atoms with van der Waals surface area (Å²) in [5.74, 6) is 0.695. The average molecular weight is 334 g/mol. The van der Waals surface area contributed by atoms with E-state index in [0.29, 0.717) is 41.2 Å². The lowest BCUT2D eigenvalue weighted by atomic mass is 10.1. The highest BCUT2D eigenvalue weighted by molar-refractivity contribution is 7.39. The lowest BCUT2D eigenvalue weighted by Gasteiger charge is -2.08. The summed E-state index contributed by atoms with van der Waals surface area (Å²) in [6.07, 6.45) is 1.54. The van der Waals surface area contributed by atoms with E-state index in [0.717, 1.165) is 17.3 Å². The summed E-state index contributed by atoms with van der Waals surface area (Å²) in [5.41, 5.74) is 0. The summed E-state index contributed by atoms with van der Waals surface area (Å²) in [4.78, 5) is 11.3. The Balaban J connectivity index is 1.57. The maximum atomic E-state index is 11.3. The molecule has 0 heterocycles. The molecule has 4 nitrogen and oxygen atoms in total. The van der Waals surface area contributed by atoms with Crippen LogP contribution in [0.4, 0.5) is 0 Å². The fourth-order valence-corrected chi connectivity index (χ4v) is 2.63. The molecule has 0 radical (unpaired) electrons. The summed E-state index contributed by atoms with van der Waals surface area (Å²) < 4.78 is 16.1. The van der Waals surface area contributed by atoms with Crippen LogP contribution in [0.25, 0.3) is 10.8 Å². The van der Waals surface area contributed by atoms with Crippen molar-refractivity contribution in [1.29, 1.82) is 0 Å². The highest BCUT2D eigenvalue weighted by Crippen LogP contribution is 2.20. The lowest BCUT2D eigenvalue weighted by Crippen LogP contribution is -2.14. The molecule has 0 saturated carbocycles. The second-order valence-corrected chi connectivity index (χ2v) is 6.53. The molecule has 0 saturated heterocycles. The summed E-state index contributed by atoms with van der Waals surface area (Å²) >= 11 is 0. The van der Waals surface area contributed by atoms with Gasteiger partial charge in [-0.25, -0.2) is 0 Å². The third-order valence-electron chi connectivity index (χ3n) is 3.23. The van der Waals surface area contributed by atoms with Crippen molar-refractivity contribution >= 4 is 25.3 Å². The van der Waals surface area contributed by atoms with Crippen LogP contribution in [0.3, 0.4) is 0 Å². The van der Waals surface area contributed by atoms with Gasteiger partial charge in [0.25, 0.3) is 0 Å². The zero-order chi connectivity index (χ0) is 16.3. The molecule has 23 heavy (non-hydrogen) atoms. The van der Waals surface area contributed by atoms with Crippen LogP contribution in [0.2, 0.25) is 0 Å². The number of carbonyl (C=O) groups excluding carboxylic acids is 1. The molecule has 0 spiro atoms. The Kier molecular flexibility index (Phi) is 7.85. The number of ether oxygens (including phenoxy) is 3. The second-order valence-electron chi connectivity index (χ2n) is 4.97. The first kappa shape index (κ1) is 17.7. The predicted molar refractivity (Wildman–Crippen MR) is 94.9 cm³/mol. The monoisotopic (exact) mass is 334 g/mol. The molecule has 0 aromatic heterocycles. The first-order valence-electron chi connectivity index (χ1n) is 7.85. The number of hydrogen-bond acceptors (Lipinski definition) is 4. The van der Waals surface area contributed by atoms with E-state index in [4.69, 9.17) is 14.2 Å². The lowest BCUT2D eigenvalue weighted by molar-refractivity contribution is -0.142. The standard InChI is InChI=1S/C18H23O4P/c1-2-23-14-18(19)22-12-10-20-9-11-21-17-8-7-15-5-3-4-6-16(15)13-17/h3-8,13,23H,2,9-12,14H2,1H3. The molecule has 0 N–H and O–H groups in total. The molecule has 124 valence electrons. The van der Waals surface area contributed by atoms with Gasteiger partial charge < -0.3 is 14.2 Å². The van der Waals surface area contributed by atoms with E-state index in [1.807, 2.05) is 30.3 Å². The summed E-state index contributed by atoms with van der Waals surface area (Å²) in [6, 6.07) is 14.2. The SMILES string of the molecule is CCPCC(=O)OCCOCCOc1ccc2ccccc2c1. The van der Waals surface area contributed by atoms with Gasteiger partial charge in [0.05, 0.1) is 19.4 Å². The number of benzene rings is 2. The molecule has 0 fully saturated rings. The van der Waals surface area contributed by atoms with E-state index in [1.165, 1.54) is 5.39 Å². The maximum absolute atomic E-state index is 11.3. The molecule has 2 aromatic rings. The molecule has 0 aliphatic heterocycles. The third-order valence-corrected chi connectivity index (χ3v) is 4.27. The van der Waals surface area contributed by atoms with Gasteiger partial charge in [0.1, 0.15) is 19.0 Å². The van der Waals surface area contributed by atoms with Gasteiger partial charge in [-0.2, -0.15) is 0 Å². The van der Waals surface area contributed by atoms with Gasteiger partial charge in [-0.05, 0) is 29.1 Å². The van der Waals surface area contributed by atoms with Crippen molar-refractivity contribution in [1.82, 2.24) is 0 Å². The number of esters is 1. The Morgan fingerprint density at radius 2 is 1.78 bits per heavy atom. The topological polar surface area (TPSA) is 44.8 Å². The molecule has 0 aliphatic rings. The Morgan fingerprint density at radius 3 is 2.61 bits per heavy atom. The number of hydrogen-bond donors (Lipinski definition) is 0. The molecule has 1 atom stereocenters. The Bertz CT molecular complexity index is 615. The zero-order valence-electron chi connectivity index (χ0n) is 13.4. The first-order chi connectivity index (χ1) is 11.3. The minimum Gasteiger partial charge on any atom is -0.491 e.